The van der Waals surface area contributed by atoms with Gasteiger partial charge in [-0.15, -0.1) is 0 Å². The van der Waals surface area contributed by atoms with Gasteiger partial charge >= 0.3 is 7.12 Å². The molecule has 17 heavy (non-hydrogen) atoms. The third kappa shape index (κ3) is 2.16. The molecule has 0 amide bonds. The first kappa shape index (κ1) is 12.7. The monoisotopic (exact) mass is 235 g/mol. The lowest BCUT2D eigenvalue weighted by Crippen LogP contribution is -2.41. The van der Waals surface area contributed by atoms with Gasteiger partial charge in [0.05, 0.1) is 11.2 Å². The van der Waals surface area contributed by atoms with Gasteiger partial charge in [-0.2, -0.15) is 0 Å². The molecule has 2 heterocycles. The maximum absolute atomic E-state index is 6.01. The van der Waals surface area contributed by atoms with E-state index in [2.05, 4.69) is 64.6 Å². The molecule has 0 aliphatic carbocycles. The molecule has 0 N–H and O–H groups in total. The molecule has 1 aromatic rings. The first-order chi connectivity index (χ1) is 7.73. The van der Waals surface area contributed by atoms with E-state index in [9.17, 15) is 0 Å². The van der Waals surface area contributed by atoms with Crippen molar-refractivity contribution in [1.29, 1.82) is 0 Å². The van der Waals surface area contributed by atoms with Crippen LogP contribution in [0.25, 0.3) is 0 Å². The minimum atomic E-state index is -0.266. The van der Waals surface area contributed by atoms with Gasteiger partial charge in [0.25, 0.3) is 0 Å². The molecule has 2 rings (SSSR count). The third-order valence-corrected chi connectivity index (χ3v) is 3.86. The maximum atomic E-state index is 6.01. The van der Waals surface area contributed by atoms with Crippen molar-refractivity contribution in [2.75, 3.05) is 0 Å². The van der Waals surface area contributed by atoms with Crippen molar-refractivity contribution in [2.24, 2.45) is 0 Å². The Balaban J connectivity index is 2.20. The van der Waals surface area contributed by atoms with Crippen LogP contribution in [0, 0.1) is 0 Å². The fraction of sp³-hybridized carbons (Fsp3) is 0.692. The van der Waals surface area contributed by atoms with Crippen LogP contribution >= 0.6 is 0 Å². The quantitative estimate of drug-likeness (QED) is 0.734. The van der Waals surface area contributed by atoms with E-state index in [1.807, 2.05) is 0 Å². The molecule has 1 aliphatic rings. The van der Waals surface area contributed by atoms with Gasteiger partial charge in [0.1, 0.15) is 0 Å². The topological polar surface area (TPSA) is 23.4 Å². The molecule has 3 nitrogen and oxygen atoms in total. The SMILES string of the molecule is CC(C)n1ccc(B2OC(C)(C)C(C)(C)O2)c1. The lowest BCUT2D eigenvalue weighted by molar-refractivity contribution is 0.00578. The molecule has 1 fully saturated rings. The summed E-state index contributed by atoms with van der Waals surface area (Å²) >= 11 is 0. The molecular weight excluding hydrogens is 213 g/mol. The number of nitrogens with zero attached hydrogens (tertiary/aromatic N) is 1. The van der Waals surface area contributed by atoms with Crippen LogP contribution in [0.1, 0.15) is 47.6 Å². The molecule has 4 heteroatoms. The highest BCUT2D eigenvalue weighted by Gasteiger charge is 2.51. The van der Waals surface area contributed by atoms with Gasteiger partial charge in [0, 0.05) is 23.9 Å². The van der Waals surface area contributed by atoms with Crippen molar-refractivity contribution in [3.05, 3.63) is 18.5 Å². The zero-order valence-electron chi connectivity index (χ0n) is 11.7. The summed E-state index contributed by atoms with van der Waals surface area (Å²) in [6.45, 7) is 12.6. The number of hydrogen-bond donors (Lipinski definition) is 0. The van der Waals surface area contributed by atoms with E-state index in [1.165, 1.54) is 0 Å². The Bertz CT molecular complexity index is 393. The Morgan fingerprint density at radius 1 is 1.12 bits per heavy atom. The number of rotatable bonds is 2. The molecule has 0 aromatic carbocycles. The van der Waals surface area contributed by atoms with Crippen molar-refractivity contribution >= 4 is 12.6 Å². The zero-order valence-corrected chi connectivity index (χ0v) is 11.7. The van der Waals surface area contributed by atoms with Gasteiger partial charge in [-0.05, 0) is 47.6 Å². The Morgan fingerprint density at radius 3 is 2.06 bits per heavy atom. The molecule has 94 valence electrons. The fourth-order valence-corrected chi connectivity index (χ4v) is 1.87. The van der Waals surface area contributed by atoms with Gasteiger partial charge in [-0.1, -0.05) is 0 Å². The second-order valence-electron chi connectivity index (χ2n) is 6.07. The molecule has 1 aliphatic heterocycles. The van der Waals surface area contributed by atoms with Crippen molar-refractivity contribution in [2.45, 2.75) is 58.8 Å². The van der Waals surface area contributed by atoms with Gasteiger partial charge in [-0.25, -0.2) is 0 Å². The summed E-state index contributed by atoms with van der Waals surface area (Å²) in [4.78, 5) is 0. The number of hydrogen-bond acceptors (Lipinski definition) is 2. The van der Waals surface area contributed by atoms with Gasteiger partial charge < -0.3 is 13.9 Å². The number of aromatic nitrogens is 1. The molecule has 0 unspecified atom stereocenters. The van der Waals surface area contributed by atoms with Crippen molar-refractivity contribution in [1.82, 2.24) is 4.57 Å². The molecule has 1 saturated heterocycles. The van der Waals surface area contributed by atoms with Gasteiger partial charge in [-0.3, -0.25) is 0 Å². The first-order valence-corrected chi connectivity index (χ1v) is 6.26. The van der Waals surface area contributed by atoms with Crippen molar-refractivity contribution in [3.63, 3.8) is 0 Å². The van der Waals surface area contributed by atoms with Crippen LogP contribution in [0.4, 0.5) is 0 Å². The molecular formula is C13H22BNO2. The van der Waals surface area contributed by atoms with Crippen LogP contribution in [0.3, 0.4) is 0 Å². The molecule has 0 saturated carbocycles. The first-order valence-electron chi connectivity index (χ1n) is 6.26. The summed E-state index contributed by atoms with van der Waals surface area (Å²) < 4.78 is 14.2. The Labute approximate surface area is 104 Å². The maximum Gasteiger partial charge on any atom is 0.496 e. The largest absolute Gasteiger partial charge is 0.496 e. The summed E-state index contributed by atoms with van der Waals surface area (Å²) in [6.07, 6.45) is 4.18. The Kier molecular flexibility index (Phi) is 2.91. The smallest absolute Gasteiger partial charge is 0.399 e. The second-order valence-corrected chi connectivity index (χ2v) is 6.07. The lowest BCUT2D eigenvalue weighted by Gasteiger charge is -2.32. The minimum Gasteiger partial charge on any atom is -0.399 e. The van der Waals surface area contributed by atoms with E-state index < -0.39 is 0 Å². The van der Waals surface area contributed by atoms with Gasteiger partial charge in [0.2, 0.25) is 0 Å². The molecule has 1 aromatic heterocycles. The van der Waals surface area contributed by atoms with E-state index in [0.717, 1.165) is 5.46 Å². The molecule has 0 atom stereocenters. The summed E-state index contributed by atoms with van der Waals surface area (Å²) in [5, 5.41) is 0. The highest BCUT2D eigenvalue weighted by Crippen LogP contribution is 2.36. The van der Waals surface area contributed by atoms with Crippen LogP contribution < -0.4 is 5.46 Å². The van der Waals surface area contributed by atoms with Crippen LogP contribution in [0.15, 0.2) is 18.5 Å². The fourth-order valence-electron chi connectivity index (χ4n) is 1.87. The second kappa shape index (κ2) is 3.89. The lowest BCUT2D eigenvalue weighted by atomic mass is 9.81. The summed E-state index contributed by atoms with van der Waals surface area (Å²) in [7, 11) is -0.250. The molecule has 0 radical (unpaired) electrons. The zero-order chi connectivity index (χ0) is 12.8. The minimum absolute atomic E-state index is 0.250. The van der Waals surface area contributed by atoms with Crippen molar-refractivity contribution in [3.8, 4) is 0 Å². The van der Waals surface area contributed by atoms with E-state index in [4.69, 9.17) is 9.31 Å². The predicted molar refractivity (Wildman–Crippen MR) is 70.5 cm³/mol. The van der Waals surface area contributed by atoms with E-state index in [-0.39, 0.29) is 18.3 Å². The highest BCUT2D eigenvalue weighted by atomic mass is 16.7. The van der Waals surface area contributed by atoms with E-state index >= 15 is 0 Å². The van der Waals surface area contributed by atoms with Crippen molar-refractivity contribution < 1.29 is 9.31 Å². The molecule has 0 bridgehead atoms. The average molecular weight is 235 g/mol. The molecule has 0 spiro atoms. The standard InChI is InChI=1S/C13H22BNO2/c1-10(2)15-8-7-11(9-15)14-16-12(3,4)13(5,6)17-14/h7-10H,1-6H3. The van der Waals surface area contributed by atoms with E-state index in [1.54, 1.807) is 0 Å². The van der Waals surface area contributed by atoms with Gasteiger partial charge in [0.15, 0.2) is 0 Å². The summed E-state index contributed by atoms with van der Waals surface area (Å²) in [5.74, 6) is 0. The highest BCUT2D eigenvalue weighted by molar-refractivity contribution is 6.62. The Morgan fingerprint density at radius 2 is 1.65 bits per heavy atom. The van der Waals surface area contributed by atoms with Crippen LogP contribution in [-0.4, -0.2) is 22.9 Å². The van der Waals surface area contributed by atoms with Crippen LogP contribution in [0.2, 0.25) is 0 Å². The average Bonchev–Trinajstić information content (AvgIpc) is 2.70. The Hall–Kier alpha value is -0.735. The summed E-state index contributed by atoms with van der Waals surface area (Å²) in [6, 6.07) is 2.54. The van der Waals surface area contributed by atoms with Crippen LogP contribution in [-0.2, 0) is 9.31 Å². The normalized spacial score (nSPS) is 22.4. The third-order valence-electron chi connectivity index (χ3n) is 3.86. The van der Waals surface area contributed by atoms with Crippen LogP contribution in [0.5, 0.6) is 0 Å². The van der Waals surface area contributed by atoms with E-state index in [0.29, 0.717) is 6.04 Å². The summed E-state index contributed by atoms with van der Waals surface area (Å²) in [5.41, 5.74) is 0.562. The predicted octanol–water partition coefficient (Wildman–Crippen LogP) is 2.37.